The first-order valence-corrected chi connectivity index (χ1v) is 7.60. The number of fused-ring (bicyclic) bond motifs is 1. The van der Waals surface area contributed by atoms with Gasteiger partial charge in [0.15, 0.2) is 0 Å². The van der Waals surface area contributed by atoms with Crippen LogP contribution >= 0.6 is 0 Å². The number of hydrogen-bond donors (Lipinski definition) is 0. The van der Waals surface area contributed by atoms with Gasteiger partial charge in [-0.3, -0.25) is 4.79 Å². The minimum Gasteiger partial charge on any atom is -0.272 e. The smallest absolute Gasteiger partial charge is 0.253 e. The van der Waals surface area contributed by atoms with Crippen molar-refractivity contribution in [1.82, 2.24) is 0 Å². The van der Waals surface area contributed by atoms with E-state index in [1.807, 2.05) is 37.3 Å². The van der Waals surface area contributed by atoms with Gasteiger partial charge in [0.2, 0.25) is 0 Å². The Bertz CT molecular complexity index is 775. The van der Waals surface area contributed by atoms with Crippen molar-refractivity contribution in [2.45, 2.75) is 13.3 Å². The van der Waals surface area contributed by atoms with Crippen LogP contribution in [0, 0.1) is 0 Å². The monoisotopic (exact) mass is 302 g/mol. The molecule has 3 aromatic carbocycles. The van der Waals surface area contributed by atoms with Crippen LogP contribution < -0.4 is 5.01 Å². The van der Waals surface area contributed by atoms with E-state index in [2.05, 4.69) is 53.6 Å². The van der Waals surface area contributed by atoms with Gasteiger partial charge in [-0.05, 0) is 29.8 Å². The molecule has 0 fully saturated rings. The van der Waals surface area contributed by atoms with Gasteiger partial charge in [0, 0.05) is 5.71 Å². The predicted octanol–water partition coefficient (Wildman–Crippen LogP) is 4.64. The van der Waals surface area contributed by atoms with Gasteiger partial charge in [-0.2, -0.15) is 5.10 Å². The molecule has 0 spiro atoms. The Labute approximate surface area is 135 Å². The molecule has 4 rings (SSSR count). The lowest BCUT2D eigenvalue weighted by Crippen LogP contribution is -2.19. The predicted molar refractivity (Wildman–Crippen MR) is 95.6 cm³/mol. The van der Waals surface area contributed by atoms with Crippen molar-refractivity contribution in [2.24, 2.45) is 5.10 Å². The summed E-state index contributed by atoms with van der Waals surface area (Å²) in [6.45, 7) is 1.86. The first kappa shape index (κ1) is 15.0. The zero-order valence-electron chi connectivity index (χ0n) is 13.0. The van der Waals surface area contributed by atoms with Crippen molar-refractivity contribution in [3.8, 4) is 0 Å². The molecule has 1 aliphatic heterocycles. The highest BCUT2D eigenvalue weighted by Gasteiger charge is 2.21. The van der Waals surface area contributed by atoms with Crippen LogP contribution in [-0.4, -0.2) is 11.6 Å². The highest BCUT2D eigenvalue weighted by Crippen LogP contribution is 2.19. The van der Waals surface area contributed by atoms with E-state index in [9.17, 15) is 4.79 Å². The maximum atomic E-state index is 11.4. The van der Waals surface area contributed by atoms with Gasteiger partial charge in [0.05, 0.1) is 12.1 Å². The van der Waals surface area contributed by atoms with E-state index >= 15 is 0 Å². The summed E-state index contributed by atoms with van der Waals surface area (Å²) in [5.74, 6) is 0.0451. The number of para-hydroxylation sites is 1. The molecule has 0 aromatic heterocycles. The molecule has 0 saturated carbocycles. The molecule has 0 unspecified atom stereocenters. The fourth-order valence-corrected chi connectivity index (χ4v) is 2.46. The highest BCUT2D eigenvalue weighted by atomic mass is 16.2. The molecule has 3 heteroatoms. The Balaban J connectivity index is 0.000000140. The van der Waals surface area contributed by atoms with Crippen LogP contribution in [0.25, 0.3) is 10.8 Å². The average Bonchev–Trinajstić information content (AvgIpc) is 2.95. The third kappa shape index (κ3) is 3.64. The molecule has 0 bridgehead atoms. The molecule has 0 radical (unpaired) electrons. The van der Waals surface area contributed by atoms with E-state index in [0.717, 1.165) is 11.4 Å². The Hall–Kier alpha value is -2.94. The molecule has 3 nitrogen and oxygen atoms in total. The first-order valence-electron chi connectivity index (χ1n) is 7.60. The maximum Gasteiger partial charge on any atom is 0.253 e. The Morgan fingerprint density at radius 3 is 1.70 bits per heavy atom. The van der Waals surface area contributed by atoms with E-state index < -0.39 is 0 Å². The number of hydrazone groups is 1. The van der Waals surface area contributed by atoms with E-state index in [4.69, 9.17) is 0 Å². The SMILES string of the molecule is CC1=NN(c2ccccc2)C(=O)C1.c1ccc2ccccc2c1. The van der Waals surface area contributed by atoms with Gasteiger partial charge in [-0.1, -0.05) is 66.7 Å². The van der Waals surface area contributed by atoms with Crippen molar-refractivity contribution < 1.29 is 4.79 Å². The Morgan fingerprint density at radius 1 is 0.783 bits per heavy atom. The first-order chi connectivity index (χ1) is 11.2. The summed E-state index contributed by atoms with van der Waals surface area (Å²) in [5.41, 5.74) is 1.71. The van der Waals surface area contributed by atoms with Crippen LogP contribution in [0.5, 0.6) is 0 Å². The molecular weight excluding hydrogens is 284 g/mol. The molecule has 0 atom stereocenters. The summed E-state index contributed by atoms with van der Waals surface area (Å²) < 4.78 is 0. The third-order valence-corrected chi connectivity index (χ3v) is 3.57. The molecule has 1 amide bonds. The van der Waals surface area contributed by atoms with E-state index in [1.165, 1.54) is 15.8 Å². The van der Waals surface area contributed by atoms with E-state index in [-0.39, 0.29) is 5.91 Å². The second kappa shape index (κ2) is 6.88. The minimum atomic E-state index is 0.0451. The van der Waals surface area contributed by atoms with Crippen molar-refractivity contribution in [1.29, 1.82) is 0 Å². The molecule has 23 heavy (non-hydrogen) atoms. The lowest BCUT2D eigenvalue weighted by molar-refractivity contribution is -0.116. The van der Waals surface area contributed by atoms with Crippen LogP contribution in [0.3, 0.4) is 0 Å². The highest BCUT2D eigenvalue weighted by molar-refractivity contribution is 6.12. The molecule has 0 aliphatic carbocycles. The summed E-state index contributed by atoms with van der Waals surface area (Å²) in [4.78, 5) is 11.4. The fourth-order valence-electron chi connectivity index (χ4n) is 2.46. The number of hydrogen-bond acceptors (Lipinski definition) is 2. The number of carbonyl (C=O) groups excluding carboxylic acids is 1. The molecule has 1 aliphatic rings. The second-order valence-electron chi connectivity index (χ2n) is 5.40. The summed E-state index contributed by atoms with van der Waals surface area (Å²) in [6.07, 6.45) is 0.439. The van der Waals surface area contributed by atoms with Gasteiger partial charge in [-0.15, -0.1) is 0 Å². The number of benzene rings is 3. The minimum absolute atomic E-state index is 0.0451. The van der Waals surface area contributed by atoms with E-state index in [1.54, 1.807) is 0 Å². The molecule has 114 valence electrons. The van der Waals surface area contributed by atoms with Gasteiger partial charge in [0.1, 0.15) is 0 Å². The standard InChI is InChI=1S/C10H10N2O.C10H8/c1-8-7-10(13)12(11-8)9-5-3-2-4-6-9;1-2-6-10-8-4-3-7-9(10)5-1/h2-6H,7H2,1H3;1-8H. The number of anilines is 1. The van der Waals surface area contributed by atoms with Crippen molar-refractivity contribution >= 4 is 28.1 Å². The van der Waals surface area contributed by atoms with Crippen molar-refractivity contribution in [2.75, 3.05) is 5.01 Å². The van der Waals surface area contributed by atoms with Gasteiger partial charge in [0.25, 0.3) is 5.91 Å². The summed E-state index contributed by atoms with van der Waals surface area (Å²) in [6, 6.07) is 26.2. The summed E-state index contributed by atoms with van der Waals surface area (Å²) >= 11 is 0. The summed E-state index contributed by atoms with van der Waals surface area (Å²) in [7, 11) is 0. The second-order valence-corrected chi connectivity index (χ2v) is 5.40. The van der Waals surface area contributed by atoms with Crippen LogP contribution in [-0.2, 0) is 4.79 Å². The van der Waals surface area contributed by atoms with Gasteiger partial charge < -0.3 is 0 Å². The lowest BCUT2D eigenvalue weighted by atomic mass is 10.1. The molecule has 0 saturated heterocycles. The van der Waals surface area contributed by atoms with Gasteiger partial charge in [-0.25, -0.2) is 5.01 Å². The van der Waals surface area contributed by atoms with Crippen LogP contribution in [0.15, 0.2) is 84.0 Å². The quantitative estimate of drug-likeness (QED) is 0.644. The van der Waals surface area contributed by atoms with Crippen LogP contribution in [0.4, 0.5) is 5.69 Å². The lowest BCUT2D eigenvalue weighted by Gasteiger charge is -2.10. The molecule has 0 N–H and O–H groups in total. The van der Waals surface area contributed by atoms with Crippen LogP contribution in [0.2, 0.25) is 0 Å². The zero-order valence-corrected chi connectivity index (χ0v) is 13.0. The van der Waals surface area contributed by atoms with Gasteiger partial charge >= 0.3 is 0 Å². The molecule has 3 aromatic rings. The summed E-state index contributed by atoms with van der Waals surface area (Å²) in [5, 5.41) is 8.21. The number of rotatable bonds is 1. The number of amides is 1. The zero-order chi connectivity index (χ0) is 16.1. The average molecular weight is 302 g/mol. The Morgan fingerprint density at radius 2 is 1.26 bits per heavy atom. The van der Waals surface area contributed by atoms with E-state index in [0.29, 0.717) is 6.42 Å². The topological polar surface area (TPSA) is 32.7 Å². The normalized spacial score (nSPS) is 13.5. The third-order valence-electron chi connectivity index (χ3n) is 3.57. The van der Waals surface area contributed by atoms with Crippen LogP contribution in [0.1, 0.15) is 13.3 Å². The molecule has 1 heterocycles. The largest absolute Gasteiger partial charge is 0.272 e. The Kier molecular flexibility index (Phi) is 4.48. The number of carbonyl (C=O) groups is 1. The van der Waals surface area contributed by atoms with Crippen molar-refractivity contribution in [3.63, 3.8) is 0 Å². The maximum absolute atomic E-state index is 11.4. The fraction of sp³-hybridized carbons (Fsp3) is 0.100. The molecular formula is C20H18N2O. The number of nitrogens with zero attached hydrogens (tertiary/aromatic N) is 2. The van der Waals surface area contributed by atoms with Crippen molar-refractivity contribution in [3.05, 3.63) is 78.9 Å².